The number of piperazine rings is 1. The average molecular weight is 374 g/mol. The molecule has 0 spiro atoms. The smallest absolute Gasteiger partial charge is 0.254 e. The molecule has 1 atom stereocenters. The summed E-state index contributed by atoms with van der Waals surface area (Å²) in [5.41, 5.74) is 1.75. The molecule has 1 fully saturated rings. The molecule has 144 valence electrons. The zero-order valence-corrected chi connectivity index (χ0v) is 16.2. The molecule has 0 bridgehead atoms. The van der Waals surface area contributed by atoms with Gasteiger partial charge in [0.2, 0.25) is 0 Å². The first-order chi connectivity index (χ1) is 13.7. The maximum Gasteiger partial charge on any atom is 0.254 e. The topological polar surface area (TPSA) is 48.5 Å². The van der Waals surface area contributed by atoms with Gasteiger partial charge in [0.25, 0.3) is 5.91 Å². The van der Waals surface area contributed by atoms with Gasteiger partial charge in [0.05, 0.1) is 11.6 Å². The third-order valence-corrected chi connectivity index (χ3v) is 5.46. The molecule has 1 amide bonds. The standard InChI is InChI=1S/C23H26N4O/c1-26-11-13-27(14-12-26)17-22(18-7-3-2-4-8-18)25-23(28)21-16-24-15-19-9-5-6-10-20(19)21/h2-10,15-16,22H,11-14,17H2,1H3,(H,25,28). The van der Waals surface area contributed by atoms with Crippen LogP contribution in [0.25, 0.3) is 10.8 Å². The second kappa shape index (κ2) is 8.50. The van der Waals surface area contributed by atoms with Gasteiger partial charge in [0, 0.05) is 50.5 Å². The fourth-order valence-corrected chi connectivity index (χ4v) is 3.74. The van der Waals surface area contributed by atoms with Crippen molar-refractivity contribution in [3.05, 3.63) is 78.1 Å². The number of benzene rings is 2. The SMILES string of the molecule is CN1CCN(CC(NC(=O)c2cncc3ccccc23)c2ccccc2)CC1. The van der Waals surface area contributed by atoms with E-state index in [2.05, 4.69) is 39.3 Å². The normalized spacial score (nSPS) is 16.8. The molecule has 1 aromatic heterocycles. The molecule has 0 aliphatic carbocycles. The van der Waals surface area contributed by atoms with Crippen LogP contribution in [0.5, 0.6) is 0 Å². The maximum absolute atomic E-state index is 13.2. The average Bonchev–Trinajstić information content (AvgIpc) is 2.75. The summed E-state index contributed by atoms with van der Waals surface area (Å²) >= 11 is 0. The van der Waals surface area contributed by atoms with Crippen molar-refractivity contribution in [1.82, 2.24) is 20.1 Å². The summed E-state index contributed by atoms with van der Waals surface area (Å²) in [4.78, 5) is 22.2. The Labute approximate surface area is 166 Å². The second-order valence-electron chi connectivity index (χ2n) is 7.45. The number of nitrogens with zero attached hydrogens (tertiary/aromatic N) is 3. The number of rotatable bonds is 5. The largest absolute Gasteiger partial charge is 0.344 e. The first kappa shape index (κ1) is 18.6. The number of nitrogens with one attached hydrogen (secondary N) is 1. The molecule has 1 saturated heterocycles. The minimum Gasteiger partial charge on any atom is -0.344 e. The van der Waals surface area contributed by atoms with Crippen molar-refractivity contribution in [3.8, 4) is 0 Å². The van der Waals surface area contributed by atoms with Crippen LogP contribution >= 0.6 is 0 Å². The third-order valence-electron chi connectivity index (χ3n) is 5.46. The fraction of sp³-hybridized carbons (Fsp3) is 0.304. The number of fused-ring (bicyclic) bond motifs is 1. The van der Waals surface area contributed by atoms with E-state index < -0.39 is 0 Å². The Bertz CT molecular complexity index is 930. The number of hydrogen-bond donors (Lipinski definition) is 1. The third kappa shape index (κ3) is 4.21. The van der Waals surface area contributed by atoms with Crippen LogP contribution in [0.4, 0.5) is 0 Å². The monoisotopic (exact) mass is 374 g/mol. The number of carbonyl (C=O) groups excluding carboxylic acids is 1. The van der Waals surface area contributed by atoms with Crippen molar-refractivity contribution < 1.29 is 4.79 Å². The molecule has 0 radical (unpaired) electrons. The predicted molar refractivity (Wildman–Crippen MR) is 112 cm³/mol. The highest BCUT2D eigenvalue weighted by molar-refractivity contribution is 6.06. The van der Waals surface area contributed by atoms with E-state index in [0.717, 1.165) is 49.1 Å². The van der Waals surface area contributed by atoms with Crippen LogP contribution in [0.2, 0.25) is 0 Å². The Morgan fingerprint density at radius 1 is 1.00 bits per heavy atom. The van der Waals surface area contributed by atoms with E-state index >= 15 is 0 Å². The highest BCUT2D eigenvalue weighted by atomic mass is 16.1. The summed E-state index contributed by atoms with van der Waals surface area (Å²) in [6.45, 7) is 4.96. The van der Waals surface area contributed by atoms with E-state index in [1.807, 2.05) is 42.5 Å². The zero-order chi connectivity index (χ0) is 19.3. The van der Waals surface area contributed by atoms with Gasteiger partial charge >= 0.3 is 0 Å². The molecule has 28 heavy (non-hydrogen) atoms. The van der Waals surface area contributed by atoms with Crippen molar-refractivity contribution in [3.63, 3.8) is 0 Å². The van der Waals surface area contributed by atoms with Crippen LogP contribution in [0.15, 0.2) is 67.0 Å². The minimum absolute atomic E-state index is 0.0592. The first-order valence-electron chi connectivity index (χ1n) is 9.80. The van der Waals surface area contributed by atoms with Crippen molar-refractivity contribution in [2.24, 2.45) is 0 Å². The quantitative estimate of drug-likeness (QED) is 0.746. The lowest BCUT2D eigenvalue weighted by molar-refractivity contribution is 0.0908. The molecule has 1 N–H and O–H groups in total. The Morgan fingerprint density at radius 2 is 1.71 bits per heavy atom. The number of amides is 1. The van der Waals surface area contributed by atoms with Crippen molar-refractivity contribution in [1.29, 1.82) is 0 Å². The van der Waals surface area contributed by atoms with Gasteiger partial charge in [-0.15, -0.1) is 0 Å². The summed E-state index contributed by atoms with van der Waals surface area (Å²) in [7, 11) is 2.15. The summed E-state index contributed by atoms with van der Waals surface area (Å²) in [5, 5.41) is 5.18. The summed E-state index contributed by atoms with van der Waals surface area (Å²) in [6.07, 6.45) is 3.46. The van der Waals surface area contributed by atoms with Gasteiger partial charge in [-0.2, -0.15) is 0 Å². The van der Waals surface area contributed by atoms with E-state index in [4.69, 9.17) is 0 Å². The van der Waals surface area contributed by atoms with Crippen LogP contribution in [-0.4, -0.2) is 60.5 Å². The molecule has 1 aliphatic rings. The van der Waals surface area contributed by atoms with Crippen LogP contribution in [-0.2, 0) is 0 Å². The summed E-state index contributed by atoms with van der Waals surface area (Å²) in [5.74, 6) is -0.0766. The molecule has 1 aliphatic heterocycles. The number of aromatic nitrogens is 1. The first-order valence-corrected chi connectivity index (χ1v) is 9.80. The highest BCUT2D eigenvalue weighted by Crippen LogP contribution is 2.20. The Hall–Kier alpha value is -2.76. The van der Waals surface area contributed by atoms with E-state index in [-0.39, 0.29) is 11.9 Å². The van der Waals surface area contributed by atoms with Gasteiger partial charge < -0.3 is 10.2 Å². The van der Waals surface area contributed by atoms with Crippen molar-refractivity contribution in [2.75, 3.05) is 39.8 Å². The second-order valence-corrected chi connectivity index (χ2v) is 7.45. The molecular formula is C23H26N4O. The number of pyridine rings is 1. The molecule has 5 heteroatoms. The van der Waals surface area contributed by atoms with Gasteiger partial charge in [-0.05, 0) is 18.0 Å². The van der Waals surface area contributed by atoms with Gasteiger partial charge in [-0.3, -0.25) is 14.7 Å². The van der Waals surface area contributed by atoms with E-state index in [1.165, 1.54) is 0 Å². The maximum atomic E-state index is 13.2. The molecule has 5 nitrogen and oxygen atoms in total. The predicted octanol–water partition coefficient (Wildman–Crippen LogP) is 2.95. The molecule has 2 aromatic carbocycles. The molecule has 1 unspecified atom stereocenters. The number of carbonyl (C=O) groups is 1. The van der Waals surface area contributed by atoms with Crippen LogP contribution in [0, 0.1) is 0 Å². The van der Waals surface area contributed by atoms with Crippen LogP contribution in [0.1, 0.15) is 22.0 Å². The number of hydrogen-bond acceptors (Lipinski definition) is 4. The Morgan fingerprint density at radius 3 is 2.50 bits per heavy atom. The zero-order valence-electron chi connectivity index (χ0n) is 16.2. The lowest BCUT2D eigenvalue weighted by Crippen LogP contribution is -2.47. The Kier molecular flexibility index (Phi) is 5.65. The molecular weight excluding hydrogens is 348 g/mol. The fourth-order valence-electron chi connectivity index (χ4n) is 3.74. The Balaban J connectivity index is 1.57. The molecule has 0 saturated carbocycles. The summed E-state index contributed by atoms with van der Waals surface area (Å²) in [6, 6.07) is 18.1. The minimum atomic E-state index is -0.0766. The lowest BCUT2D eigenvalue weighted by Gasteiger charge is -2.35. The van der Waals surface area contributed by atoms with Crippen molar-refractivity contribution >= 4 is 16.7 Å². The molecule has 4 rings (SSSR count). The van der Waals surface area contributed by atoms with E-state index in [9.17, 15) is 4.79 Å². The lowest BCUT2D eigenvalue weighted by atomic mass is 10.0. The molecule has 3 aromatic rings. The van der Waals surface area contributed by atoms with Gasteiger partial charge in [0.1, 0.15) is 0 Å². The highest BCUT2D eigenvalue weighted by Gasteiger charge is 2.22. The van der Waals surface area contributed by atoms with Crippen molar-refractivity contribution in [2.45, 2.75) is 6.04 Å². The number of likely N-dealkylation sites (N-methyl/N-ethyl adjacent to an activating group) is 1. The van der Waals surface area contributed by atoms with Gasteiger partial charge in [-0.25, -0.2) is 0 Å². The summed E-state index contributed by atoms with van der Waals surface area (Å²) < 4.78 is 0. The van der Waals surface area contributed by atoms with Gasteiger partial charge in [-0.1, -0.05) is 54.6 Å². The van der Waals surface area contributed by atoms with E-state index in [0.29, 0.717) is 5.56 Å². The van der Waals surface area contributed by atoms with Crippen LogP contribution in [0.3, 0.4) is 0 Å². The van der Waals surface area contributed by atoms with Gasteiger partial charge in [0.15, 0.2) is 0 Å². The van der Waals surface area contributed by atoms with Crippen LogP contribution < -0.4 is 5.32 Å². The van der Waals surface area contributed by atoms with E-state index in [1.54, 1.807) is 12.4 Å². The molecule has 2 heterocycles.